The van der Waals surface area contributed by atoms with Crippen molar-refractivity contribution in [2.24, 2.45) is 11.1 Å². The second kappa shape index (κ2) is 16.7. The number of halogens is 5. The van der Waals surface area contributed by atoms with Crippen molar-refractivity contribution in [2.75, 3.05) is 6.61 Å². The van der Waals surface area contributed by atoms with Crippen LogP contribution in [0.25, 0.3) is 32.6 Å². The molecule has 1 atom stereocenters. The van der Waals surface area contributed by atoms with E-state index in [0.29, 0.717) is 34.2 Å². The Bertz CT molecular complexity index is 2400. The molecule has 1 unspecified atom stereocenters. The van der Waals surface area contributed by atoms with Gasteiger partial charge in [-0.05, 0) is 66.6 Å². The van der Waals surface area contributed by atoms with Crippen LogP contribution in [-0.2, 0) is 16.2 Å². The quantitative estimate of drug-likeness (QED) is 0.0343. The lowest BCUT2D eigenvalue weighted by atomic mass is 9.92. The summed E-state index contributed by atoms with van der Waals surface area (Å²) in [4.78, 5) is 31.6. The maximum absolute atomic E-state index is 14.5. The Morgan fingerprint density at radius 3 is 2.29 bits per heavy atom. The predicted molar refractivity (Wildman–Crippen MR) is 210 cm³/mol. The van der Waals surface area contributed by atoms with Gasteiger partial charge in [0.2, 0.25) is 0 Å². The SMILES string of the molecule is CCCCC(CC)Cn1c2ccc(/C(=N\OC(C)=O)c3ccccc3OCC(F)(F)C(F)F)cc2c2cc(C(=O)c3c(C)cccc3Cl)c3ccccc3c21. The molecule has 6 nitrogen and oxygen atoms in total. The van der Waals surface area contributed by atoms with Crippen LogP contribution in [0.4, 0.5) is 17.6 Å². The Labute approximate surface area is 321 Å². The molecule has 0 radical (unpaired) electrons. The van der Waals surface area contributed by atoms with Gasteiger partial charge in [-0.3, -0.25) is 4.79 Å². The number of fused-ring (bicyclic) bond motifs is 5. The minimum Gasteiger partial charge on any atom is -0.486 e. The number of ketones is 1. The van der Waals surface area contributed by atoms with Gasteiger partial charge >= 0.3 is 18.3 Å². The lowest BCUT2D eigenvalue weighted by molar-refractivity contribution is -0.148. The van der Waals surface area contributed by atoms with Gasteiger partial charge in [0, 0.05) is 57.4 Å². The lowest BCUT2D eigenvalue weighted by Crippen LogP contribution is -2.34. The molecule has 0 bridgehead atoms. The van der Waals surface area contributed by atoms with E-state index in [1.165, 1.54) is 18.2 Å². The fourth-order valence-corrected chi connectivity index (χ4v) is 7.42. The van der Waals surface area contributed by atoms with Gasteiger partial charge in [0.05, 0.1) is 10.5 Å². The van der Waals surface area contributed by atoms with Crippen LogP contribution < -0.4 is 4.74 Å². The molecule has 6 rings (SSSR count). The maximum atomic E-state index is 14.5. The van der Waals surface area contributed by atoms with Gasteiger partial charge in [-0.25, -0.2) is 13.6 Å². The van der Waals surface area contributed by atoms with E-state index < -0.39 is 24.9 Å². The van der Waals surface area contributed by atoms with Gasteiger partial charge in [0.25, 0.3) is 0 Å². The minimum absolute atomic E-state index is 0.0483. The summed E-state index contributed by atoms with van der Waals surface area (Å²) in [6, 6.07) is 26.5. The number of para-hydroxylation sites is 1. The Kier molecular flexibility index (Phi) is 12.0. The van der Waals surface area contributed by atoms with Crippen LogP contribution in [0.5, 0.6) is 5.75 Å². The summed E-state index contributed by atoms with van der Waals surface area (Å²) in [6.45, 7) is 6.49. The molecule has 0 N–H and O–H groups in total. The van der Waals surface area contributed by atoms with Gasteiger partial charge in [0.15, 0.2) is 12.4 Å². The Hall–Kier alpha value is -5.22. The summed E-state index contributed by atoms with van der Waals surface area (Å²) in [6.07, 6.45) is 0.209. The van der Waals surface area contributed by atoms with E-state index in [-0.39, 0.29) is 22.8 Å². The number of aryl methyl sites for hydroxylation is 1. The molecular formula is C44H41ClF4N2O4. The molecule has 0 spiro atoms. The summed E-state index contributed by atoms with van der Waals surface area (Å²) < 4.78 is 61.7. The molecule has 0 aliphatic heterocycles. The van der Waals surface area contributed by atoms with Crippen molar-refractivity contribution in [1.82, 2.24) is 4.57 Å². The van der Waals surface area contributed by atoms with Crippen LogP contribution in [0.15, 0.2) is 96.2 Å². The van der Waals surface area contributed by atoms with E-state index in [2.05, 4.69) is 23.6 Å². The third-order valence-corrected chi connectivity index (χ3v) is 10.3. The zero-order valence-corrected chi connectivity index (χ0v) is 31.7. The molecule has 1 heterocycles. The first-order valence-corrected chi connectivity index (χ1v) is 18.7. The van der Waals surface area contributed by atoms with Crippen molar-refractivity contribution in [3.8, 4) is 5.75 Å². The number of aromatic nitrogens is 1. The summed E-state index contributed by atoms with van der Waals surface area (Å²) in [5.74, 6) is -5.17. The van der Waals surface area contributed by atoms with E-state index >= 15 is 0 Å². The molecule has 5 aromatic carbocycles. The lowest BCUT2D eigenvalue weighted by Gasteiger charge is -2.19. The van der Waals surface area contributed by atoms with Crippen LogP contribution in [0, 0.1) is 12.8 Å². The van der Waals surface area contributed by atoms with Crippen molar-refractivity contribution < 1.29 is 36.7 Å². The number of rotatable bonds is 15. The smallest absolute Gasteiger partial charge is 0.340 e. The number of alkyl halides is 4. The Morgan fingerprint density at radius 1 is 0.873 bits per heavy atom. The van der Waals surface area contributed by atoms with E-state index in [1.54, 1.807) is 24.3 Å². The van der Waals surface area contributed by atoms with Gasteiger partial charge < -0.3 is 14.1 Å². The molecule has 55 heavy (non-hydrogen) atoms. The van der Waals surface area contributed by atoms with Crippen molar-refractivity contribution in [3.05, 3.63) is 124 Å². The summed E-state index contributed by atoms with van der Waals surface area (Å²) in [7, 11) is 0. The number of hydrogen-bond acceptors (Lipinski definition) is 5. The Balaban J connectivity index is 1.63. The molecule has 286 valence electrons. The number of ether oxygens (including phenoxy) is 1. The molecule has 1 aromatic heterocycles. The molecule has 0 fully saturated rings. The fourth-order valence-electron chi connectivity index (χ4n) is 7.11. The highest BCUT2D eigenvalue weighted by Gasteiger charge is 2.42. The highest BCUT2D eigenvalue weighted by atomic mass is 35.5. The largest absolute Gasteiger partial charge is 0.486 e. The average Bonchev–Trinajstić information content (AvgIpc) is 3.47. The number of carbonyl (C=O) groups excluding carboxylic acids is 2. The number of unbranched alkanes of at least 4 members (excludes halogenated alkanes) is 1. The minimum atomic E-state index is -4.41. The average molecular weight is 773 g/mol. The van der Waals surface area contributed by atoms with E-state index in [1.807, 2.05) is 55.5 Å². The second-order valence-corrected chi connectivity index (χ2v) is 14.2. The molecule has 0 aliphatic rings. The number of carbonyl (C=O) groups is 2. The number of hydrogen-bond donors (Lipinski definition) is 0. The second-order valence-electron chi connectivity index (χ2n) is 13.8. The third-order valence-electron chi connectivity index (χ3n) is 9.96. The molecule has 0 amide bonds. The topological polar surface area (TPSA) is 69.9 Å². The zero-order valence-electron chi connectivity index (χ0n) is 31.0. The van der Waals surface area contributed by atoms with Crippen LogP contribution >= 0.6 is 11.6 Å². The molecule has 0 saturated heterocycles. The number of benzene rings is 5. The summed E-state index contributed by atoms with van der Waals surface area (Å²) in [5, 5.41) is 7.66. The highest BCUT2D eigenvalue weighted by molar-refractivity contribution is 6.36. The van der Waals surface area contributed by atoms with Crippen molar-refractivity contribution >= 4 is 61.6 Å². The summed E-state index contributed by atoms with van der Waals surface area (Å²) >= 11 is 6.64. The van der Waals surface area contributed by atoms with Crippen LogP contribution in [-0.4, -0.2) is 41.0 Å². The van der Waals surface area contributed by atoms with Gasteiger partial charge in [-0.2, -0.15) is 8.78 Å². The summed E-state index contributed by atoms with van der Waals surface area (Å²) in [5.41, 5.74) is 4.04. The first-order chi connectivity index (χ1) is 26.4. The van der Waals surface area contributed by atoms with Crippen LogP contribution in [0.2, 0.25) is 5.02 Å². The van der Waals surface area contributed by atoms with Gasteiger partial charge in [-0.15, -0.1) is 0 Å². The zero-order chi connectivity index (χ0) is 39.4. The fraction of sp³-hybridized carbons (Fsp3) is 0.295. The van der Waals surface area contributed by atoms with Gasteiger partial charge in [0.1, 0.15) is 11.5 Å². The van der Waals surface area contributed by atoms with E-state index in [4.69, 9.17) is 21.2 Å². The third kappa shape index (κ3) is 8.10. The molecule has 6 aromatic rings. The van der Waals surface area contributed by atoms with E-state index in [0.717, 1.165) is 70.7 Å². The standard InChI is InChI=1S/C44H41ClF4N2O4/c1-5-7-14-28(6-2)24-51-37-21-20-29(40(50-55-27(4)52)32-17-10-11-19-38(32)54-25-44(48,49)43(46)47)22-33(37)34-23-35(30-15-8-9-16-31(30)41(34)51)42(53)39-26(3)13-12-18-36(39)45/h8-13,15-23,28,43H,5-7,14,24-25H2,1-4H3/b50-40+. The Morgan fingerprint density at radius 2 is 1.60 bits per heavy atom. The molecular weight excluding hydrogens is 732 g/mol. The van der Waals surface area contributed by atoms with Crippen molar-refractivity contribution in [2.45, 2.75) is 72.3 Å². The van der Waals surface area contributed by atoms with E-state index in [9.17, 15) is 27.2 Å². The monoisotopic (exact) mass is 772 g/mol. The maximum Gasteiger partial charge on any atom is 0.340 e. The first-order valence-electron chi connectivity index (χ1n) is 18.3. The van der Waals surface area contributed by atoms with Crippen LogP contribution in [0.1, 0.15) is 79.1 Å². The molecule has 0 aliphatic carbocycles. The molecule has 0 saturated carbocycles. The normalized spacial score (nSPS) is 12.9. The first kappa shape index (κ1) is 39.5. The molecule has 11 heteroatoms. The van der Waals surface area contributed by atoms with Crippen LogP contribution in [0.3, 0.4) is 0 Å². The predicted octanol–water partition coefficient (Wildman–Crippen LogP) is 12.0. The number of nitrogens with zero attached hydrogens (tertiary/aromatic N) is 2. The van der Waals surface area contributed by atoms with Crippen molar-refractivity contribution in [3.63, 3.8) is 0 Å². The van der Waals surface area contributed by atoms with Gasteiger partial charge in [-0.1, -0.05) is 104 Å². The number of oxime groups is 1. The highest BCUT2D eigenvalue weighted by Crippen LogP contribution is 2.40. The van der Waals surface area contributed by atoms with Crippen molar-refractivity contribution in [1.29, 1.82) is 0 Å².